The van der Waals surface area contributed by atoms with Crippen LogP contribution < -0.4 is 10.9 Å². The first kappa shape index (κ1) is 19.4. The quantitative estimate of drug-likeness (QED) is 0.834. The van der Waals surface area contributed by atoms with Crippen LogP contribution in [0.2, 0.25) is 0 Å². The van der Waals surface area contributed by atoms with Crippen LogP contribution in [0.4, 0.5) is 4.79 Å². The van der Waals surface area contributed by atoms with Gasteiger partial charge in [0.2, 0.25) is 0 Å². The van der Waals surface area contributed by atoms with Crippen LogP contribution in [0.3, 0.4) is 0 Å². The average Bonchev–Trinajstić information content (AvgIpc) is 3.44. The number of hydrogen-bond acceptors (Lipinski definition) is 5. The number of nitrogens with one attached hydrogen (secondary N) is 1. The van der Waals surface area contributed by atoms with Crippen molar-refractivity contribution in [2.75, 3.05) is 19.6 Å². The third-order valence-electron chi connectivity index (χ3n) is 6.70. The first-order valence-corrected chi connectivity index (χ1v) is 10.9. The molecule has 2 aromatic rings. The van der Waals surface area contributed by atoms with Gasteiger partial charge in [-0.05, 0) is 38.8 Å². The van der Waals surface area contributed by atoms with Crippen LogP contribution in [0.5, 0.6) is 0 Å². The highest BCUT2D eigenvalue weighted by Gasteiger charge is 2.48. The Morgan fingerprint density at radius 2 is 2.13 bits per heavy atom. The minimum atomic E-state index is -0.187. The van der Waals surface area contributed by atoms with Gasteiger partial charge >= 0.3 is 6.03 Å². The van der Waals surface area contributed by atoms with Gasteiger partial charge in [0.15, 0.2) is 0 Å². The predicted octanol–water partition coefficient (Wildman–Crippen LogP) is 1.86. The molecule has 0 unspecified atom stereocenters. The Morgan fingerprint density at radius 3 is 2.90 bits per heavy atom. The summed E-state index contributed by atoms with van der Waals surface area (Å²) in [5.74, 6) is 1.81. The molecule has 160 valence electrons. The minimum absolute atomic E-state index is 0.0193. The van der Waals surface area contributed by atoms with Gasteiger partial charge in [0, 0.05) is 50.6 Å². The molecule has 8 heteroatoms. The van der Waals surface area contributed by atoms with E-state index in [4.69, 9.17) is 9.40 Å². The van der Waals surface area contributed by atoms with Crippen molar-refractivity contribution >= 4 is 6.03 Å². The van der Waals surface area contributed by atoms with E-state index in [0.717, 1.165) is 48.6 Å². The second-order valence-corrected chi connectivity index (χ2v) is 9.16. The van der Waals surface area contributed by atoms with Crippen molar-refractivity contribution in [1.82, 2.24) is 24.7 Å². The summed E-state index contributed by atoms with van der Waals surface area (Å²) in [4.78, 5) is 35.0. The lowest BCUT2D eigenvalue weighted by molar-refractivity contribution is 0.202. The number of fused-ring (bicyclic) bond motifs is 3. The third kappa shape index (κ3) is 3.23. The molecule has 1 N–H and O–H groups in total. The topological polar surface area (TPSA) is 83.6 Å². The lowest BCUT2D eigenvalue weighted by Gasteiger charge is -2.29. The smallest absolute Gasteiger partial charge is 0.317 e. The average molecular weight is 412 g/mol. The number of carbonyl (C=O) groups excluding carboxylic acids is 1. The van der Waals surface area contributed by atoms with E-state index in [2.05, 4.69) is 10.2 Å². The van der Waals surface area contributed by atoms with Crippen LogP contribution in [-0.2, 0) is 31.5 Å². The molecule has 0 saturated carbocycles. The lowest BCUT2D eigenvalue weighted by atomic mass is 9.85. The molecular formula is C22H29N5O3. The van der Waals surface area contributed by atoms with E-state index in [1.54, 1.807) is 6.26 Å². The number of furan rings is 1. The van der Waals surface area contributed by atoms with Crippen molar-refractivity contribution in [3.05, 3.63) is 51.6 Å². The fraction of sp³-hybridized carbons (Fsp3) is 0.591. The fourth-order valence-electron chi connectivity index (χ4n) is 5.15. The molecule has 30 heavy (non-hydrogen) atoms. The summed E-state index contributed by atoms with van der Waals surface area (Å²) in [6.45, 7) is 8.15. The molecular weight excluding hydrogens is 382 g/mol. The Balaban J connectivity index is 1.39. The van der Waals surface area contributed by atoms with Gasteiger partial charge in [0.1, 0.15) is 11.6 Å². The molecule has 3 aliphatic heterocycles. The van der Waals surface area contributed by atoms with E-state index in [9.17, 15) is 9.59 Å². The first-order chi connectivity index (χ1) is 14.4. The standard InChI is InChI=1S/C22H29N5O3/c1-15(2)23-21(29)26-9-6-22(14-26)7-10-27-19(28)17-13-25(12-16-4-3-11-30-16)8-5-18(17)24-20(22)27/h3-4,11,15H,5-10,12-14H2,1-2H3,(H,23,29)/t22-/m0/s1. The van der Waals surface area contributed by atoms with Crippen molar-refractivity contribution in [1.29, 1.82) is 0 Å². The summed E-state index contributed by atoms with van der Waals surface area (Å²) < 4.78 is 7.34. The Kier molecular flexibility index (Phi) is 4.69. The van der Waals surface area contributed by atoms with Crippen molar-refractivity contribution in [2.24, 2.45) is 0 Å². The Hall–Kier alpha value is -2.61. The van der Waals surface area contributed by atoms with Crippen molar-refractivity contribution < 1.29 is 9.21 Å². The molecule has 1 saturated heterocycles. The van der Waals surface area contributed by atoms with Gasteiger partial charge in [-0.2, -0.15) is 0 Å². The van der Waals surface area contributed by atoms with Crippen LogP contribution >= 0.6 is 0 Å². The second kappa shape index (κ2) is 7.27. The maximum Gasteiger partial charge on any atom is 0.317 e. The molecule has 1 atom stereocenters. The summed E-state index contributed by atoms with van der Waals surface area (Å²) in [5, 5.41) is 2.98. The molecule has 3 aliphatic rings. The zero-order chi connectivity index (χ0) is 20.9. The number of hydrogen-bond donors (Lipinski definition) is 1. The van der Waals surface area contributed by atoms with Gasteiger partial charge in [-0.25, -0.2) is 9.78 Å². The Morgan fingerprint density at radius 1 is 1.30 bits per heavy atom. The maximum absolute atomic E-state index is 13.3. The molecule has 1 spiro atoms. The second-order valence-electron chi connectivity index (χ2n) is 9.16. The number of aromatic nitrogens is 2. The minimum Gasteiger partial charge on any atom is -0.468 e. The van der Waals surface area contributed by atoms with Crippen LogP contribution in [0, 0.1) is 0 Å². The zero-order valence-electron chi connectivity index (χ0n) is 17.7. The summed E-state index contributed by atoms with van der Waals surface area (Å²) in [6, 6.07) is 3.95. The van der Waals surface area contributed by atoms with Gasteiger partial charge in [0.05, 0.1) is 24.1 Å². The van der Waals surface area contributed by atoms with Gasteiger partial charge in [-0.1, -0.05) is 0 Å². The zero-order valence-corrected chi connectivity index (χ0v) is 17.7. The number of nitrogens with zero attached hydrogens (tertiary/aromatic N) is 4. The maximum atomic E-state index is 13.3. The van der Waals surface area contributed by atoms with Gasteiger partial charge in [0.25, 0.3) is 5.56 Å². The number of rotatable bonds is 3. The molecule has 8 nitrogen and oxygen atoms in total. The number of likely N-dealkylation sites (tertiary alicyclic amines) is 1. The van der Waals surface area contributed by atoms with E-state index in [-0.39, 0.29) is 23.0 Å². The number of urea groups is 1. The highest BCUT2D eigenvalue weighted by atomic mass is 16.3. The molecule has 5 heterocycles. The lowest BCUT2D eigenvalue weighted by Crippen LogP contribution is -2.43. The Labute approximate surface area is 175 Å². The molecule has 2 amide bonds. The first-order valence-electron chi connectivity index (χ1n) is 10.9. The van der Waals surface area contributed by atoms with Crippen LogP contribution in [-0.4, -0.2) is 51.1 Å². The normalized spacial score (nSPS) is 23.2. The van der Waals surface area contributed by atoms with Crippen LogP contribution in [0.15, 0.2) is 27.6 Å². The van der Waals surface area contributed by atoms with E-state index in [0.29, 0.717) is 32.7 Å². The molecule has 0 aliphatic carbocycles. The van der Waals surface area contributed by atoms with Crippen molar-refractivity contribution in [3.8, 4) is 0 Å². The summed E-state index contributed by atoms with van der Waals surface area (Å²) in [7, 11) is 0. The molecule has 0 radical (unpaired) electrons. The Bertz CT molecular complexity index is 1010. The van der Waals surface area contributed by atoms with E-state index in [1.807, 2.05) is 35.4 Å². The predicted molar refractivity (Wildman–Crippen MR) is 111 cm³/mol. The van der Waals surface area contributed by atoms with Crippen molar-refractivity contribution in [3.63, 3.8) is 0 Å². The molecule has 0 bridgehead atoms. The molecule has 1 fully saturated rings. The largest absolute Gasteiger partial charge is 0.468 e. The molecule has 0 aromatic carbocycles. The van der Waals surface area contributed by atoms with E-state index < -0.39 is 0 Å². The fourth-order valence-corrected chi connectivity index (χ4v) is 5.15. The van der Waals surface area contributed by atoms with Crippen LogP contribution in [0.1, 0.15) is 49.5 Å². The van der Waals surface area contributed by atoms with Crippen molar-refractivity contribution in [2.45, 2.75) is 64.2 Å². The highest BCUT2D eigenvalue weighted by molar-refractivity contribution is 5.75. The SMILES string of the molecule is CC(C)NC(=O)N1CC[C@]2(CCn3c2nc2c(c3=O)CN(Cc3ccco3)CC2)C1. The van der Waals surface area contributed by atoms with Crippen LogP contribution in [0.25, 0.3) is 0 Å². The van der Waals surface area contributed by atoms with Gasteiger partial charge in [-0.15, -0.1) is 0 Å². The summed E-state index contributed by atoms with van der Waals surface area (Å²) in [5.41, 5.74) is 1.67. The monoisotopic (exact) mass is 411 g/mol. The van der Waals surface area contributed by atoms with E-state index >= 15 is 0 Å². The van der Waals surface area contributed by atoms with E-state index in [1.165, 1.54) is 0 Å². The molecule has 5 rings (SSSR count). The molecule has 2 aromatic heterocycles. The summed E-state index contributed by atoms with van der Waals surface area (Å²) in [6.07, 6.45) is 4.20. The number of carbonyl (C=O) groups is 1. The summed E-state index contributed by atoms with van der Waals surface area (Å²) >= 11 is 0. The van der Waals surface area contributed by atoms with Gasteiger partial charge in [-0.3, -0.25) is 14.3 Å². The van der Waals surface area contributed by atoms with Gasteiger partial charge < -0.3 is 14.6 Å². The number of amides is 2. The third-order valence-corrected chi connectivity index (χ3v) is 6.70. The highest BCUT2D eigenvalue weighted by Crippen LogP contribution is 2.41.